The molecule has 25 heavy (non-hydrogen) atoms. The molecule has 0 fully saturated rings. The molecule has 0 saturated heterocycles. The van der Waals surface area contributed by atoms with Gasteiger partial charge in [0.15, 0.2) is 0 Å². The van der Waals surface area contributed by atoms with Crippen molar-refractivity contribution in [3.8, 4) is 0 Å². The molecule has 0 aliphatic heterocycles. The zero-order valence-electron chi connectivity index (χ0n) is 14.2. The van der Waals surface area contributed by atoms with Crippen LogP contribution in [0.25, 0.3) is 0 Å². The minimum atomic E-state index is -0.411. The number of unbranched alkanes of at least 4 members (excludes halogenated alkanes) is 2. The topological polar surface area (TPSA) is 67.4 Å². The normalized spacial score (nSPS) is 10.1. The number of benzene rings is 2. The summed E-state index contributed by atoms with van der Waals surface area (Å²) in [6, 6.07) is 19.0. The van der Waals surface area contributed by atoms with Gasteiger partial charge in [-0.05, 0) is 30.5 Å². The van der Waals surface area contributed by atoms with E-state index in [9.17, 15) is 9.59 Å². The number of hydrogen-bond acceptors (Lipinski definition) is 3. The number of amides is 2. The fourth-order valence-electron chi connectivity index (χ4n) is 2.30. The molecule has 2 rings (SSSR count). The Labute approximate surface area is 148 Å². The molecular weight excluding hydrogens is 316 g/mol. The average molecular weight is 340 g/mol. The van der Waals surface area contributed by atoms with Crippen LogP contribution in [0.3, 0.4) is 0 Å². The number of hydrogen-bond donors (Lipinski definition) is 2. The van der Waals surface area contributed by atoms with Crippen LogP contribution >= 0.6 is 0 Å². The molecule has 0 aliphatic rings. The van der Waals surface area contributed by atoms with Gasteiger partial charge in [0, 0.05) is 18.7 Å². The first kappa shape index (κ1) is 18.5. The predicted octanol–water partition coefficient (Wildman–Crippen LogP) is 4.11. The highest BCUT2D eigenvalue weighted by Gasteiger charge is 2.03. The highest BCUT2D eigenvalue weighted by Crippen LogP contribution is 2.07. The van der Waals surface area contributed by atoms with Crippen molar-refractivity contribution in [2.24, 2.45) is 0 Å². The molecule has 0 saturated carbocycles. The Balaban J connectivity index is 1.47. The molecule has 2 N–H and O–H groups in total. The van der Waals surface area contributed by atoms with Crippen LogP contribution in [0.4, 0.5) is 10.5 Å². The molecule has 2 aromatic rings. The van der Waals surface area contributed by atoms with E-state index in [4.69, 9.17) is 4.74 Å². The van der Waals surface area contributed by atoms with Crippen molar-refractivity contribution in [2.75, 3.05) is 11.9 Å². The summed E-state index contributed by atoms with van der Waals surface area (Å²) in [5.41, 5.74) is 1.78. The van der Waals surface area contributed by atoms with E-state index in [0.717, 1.165) is 30.5 Å². The van der Waals surface area contributed by atoms with Crippen LogP contribution in [0.2, 0.25) is 0 Å². The van der Waals surface area contributed by atoms with Gasteiger partial charge >= 0.3 is 6.09 Å². The summed E-state index contributed by atoms with van der Waals surface area (Å²) in [5.74, 6) is 0.0152. The first-order valence-electron chi connectivity index (χ1n) is 8.53. The van der Waals surface area contributed by atoms with E-state index in [0.29, 0.717) is 13.0 Å². The lowest BCUT2D eigenvalue weighted by Crippen LogP contribution is -2.25. The Morgan fingerprint density at radius 2 is 1.52 bits per heavy atom. The van der Waals surface area contributed by atoms with Crippen molar-refractivity contribution in [1.82, 2.24) is 5.32 Å². The number of carbonyl (C=O) groups excluding carboxylic acids is 2. The molecule has 0 bridgehead atoms. The molecule has 0 atom stereocenters. The summed E-state index contributed by atoms with van der Waals surface area (Å²) < 4.78 is 5.13. The molecule has 0 radical (unpaired) electrons. The molecule has 5 heteroatoms. The Kier molecular flexibility index (Phi) is 8.05. The van der Waals surface area contributed by atoms with E-state index in [1.807, 2.05) is 60.7 Å². The maximum absolute atomic E-state index is 11.8. The van der Waals surface area contributed by atoms with E-state index in [1.54, 1.807) is 0 Å². The monoisotopic (exact) mass is 340 g/mol. The average Bonchev–Trinajstić information content (AvgIpc) is 2.64. The van der Waals surface area contributed by atoms with Crippen molar-refractivity contribution in [2.45, 2.75) is 32.3 Å². The molecule has 5 nitrogen and oxygen atoms in total. The number of nitrogens with one attached hydrogen (secondary N) is 2. The van der Waals surface area contributed by atoms with Crippen molar-refractivity contribution < 1.29 is 14.3 Å². The highest BCUT2D eigenvalue weighted by atomic mass is 16.5. The summed E-state index contributed by atoms with van der Waals surface area (Å²) in [7, 11) is 0. The lowest BCUT2D eigenvalue weighted by Gasteiger charge is -2.07. The van der Waals surface area contributed by atoms with E-state index in [-0.39, 0.29) is 12.5 Å². The third-order valence-electron chi connectivity index (χ3n) is 3.62. The van der Waals surface area contributed by atoms with Crippen LogP contribution in [-0.2, 0) is 16.1 Å². The number of ether oxygens (including phenoxy) is 1. The van der Waals surface area contributed by atoms with Crippen molar-refractivity contribution in [3.63, 3.8) is 0 Å². The standard InChI is InChI=1S/C20H24N2O3/c23-19(22-18-12-6-2-7-13-18)14-8-3-9-15-21-20(24)25-16-17-10-4-1-5-11-17/h1-2,4-7,10-13H,3,8-9,14-16H2,(H,21,24)(H,22,23). The lowest BCUT2D eigenvalue weighted by molar-refractivity contribution is -0.116. The van der Waals surface area contributed by atoms with Gasteiger partial charge in [-0.25, -0.2) is 4.79 Å². The number of para-hydroxylation sites is 1. The minimum absolute atomic E-state index is 0.0152. The summed E-state index contributed by atoms with van der Waals surface area (Å²) in [5, 5.41) is 5.57. The van der Waals surface area contributed by atoms with Crippen LogP contribution in [0, 0.1) is 0 Å². The predicted molar refractivity (Wildman–Crippen MR) is 98.2 cm³/mol. The second kappa shape index (κ2) is 10.9. The Hall–Kier alpha value is -2.82. The molecule has 0 aliphatic carbocycles. The molecule has 0 aromatic heterocycles. The molecule has 0 spiro atoms. The van der Waals surface area contributed by atoms with Crippen LogP contribution in [0.1, 0.15) is 31.2 Å². The fourth-order valence-corrected chi connectivity index (χ4v) is 2.30. The van der Waals surface area contributed by atoms with Gasteiger partial charge in [0.05, 0.1) is 0 Å². The summed E-state index contributed by atoms with van der Waals surface area (Å²) in [6.07, 6.45) is 2.55. The summed E-state index contributed by atoms with van der Waals surface area (Å²) in [4.78, 5) is 23.3. The van der Waals surface area contributed by atoms with E-state index >= 15 is 0 Å². The fraction of sp³-hybridized carbons (Fsp3) is 0.300. The molecule has 0 unspecified atom stereocenters. The van der Waals surface area contributed by atoms with Crippen LogP contribution in [0.15, 0.2) is 60.7 Å². The minimum Gasteiger partial charge on any atom is -0.445 e. The van der Waals surface area contributed by atoms with Crippen LogP contribution in [-0.4, -0.2) is 18.5 Å². The maximum Gasteiger partial charge on any atom is 0.407 e. The highest BCUT2D eigenvalue weighted by molar-refractivity contribution is 5.90. The number of alkyl carbamates (subject to hydrolysis) is 1. The van der Waals surface area contributed by atoms with Gasteiger partial charge < -0.3 is 15.4 Å². The molecule has 132 valence electrons. The van der Waals surface area contributed by atoms with Gasteiger partial charge in [-0.1, -0.05) is 55.0 Å². The van der Waals surface area contributed by atoms with Crippen molar-refractivity contribution >= 4 is 17.7 Å². The smallest absolute Gasteiger partial charge is 0.407 e. The molecule has 0 heterocycles. The maximum atomic E-state index is 11.8. The van der Waals surface area contributed by atoms with Gasteiger partial charge in [0.1, 0.15) is 6.61 Å². The number of rotatable bonds is 9. The summed E-state index contributed by atoms with van der Waals surface area (Å²) in [6.45, 7) is 0.820. The third-order valence-corrected chi connectivity index (χ3v) is 3.62. The van der Waals surface area contributed by atoms with Crippen molar-refractivity contribution in [1.29, 1.82) is 0 Å². The second-order valence-corrected chi connectivity index (χ2v) is 5.71. The zero-order valence-corrected chi connectivity index (χ0v) is 14.2. The van der Waals surface area contributed by atoms with Gasteiger partial charge in [-0.2, -0.15) is 0 Å². The van der Waals surface area contributed by atoms with Gasteiger partial charge in [0.2, 0.25) is 5.91 Å². The number of carbonyl (C=O) groups is 2. The van der Waals surface area contributed by atoms with E-state index < -0.39 is 6.09 Å². The molecule has 2 amide bonds. The largest absolute Gasteiger partial charge is 0.445 e. The van der Waals surface area contributed by atoms with E-state index in [1.165, 1.54) is 0 Å². The quantitative estimate of drug-likeness (QED) is 0.675. The molecule has 2 aromatic carbocycles. The third kappa shape index (κ3) is 8.01. The number of anilines is 1. The van der Waals surface area contributed by atoms with Crippen LogP contribution < -0.4 is 10.6 Å². The summed E-state index contributed by atoms with van der Waals surface area (Å²) >= 11 is 0. The van der Waals surface area contributed by atoms with Gasteiger partial charge in [0.25, 0.3) is 0 Å². The first-order valence-corrected chi connectivity index (χ1v) is 8.53. The van der Waals surface area contributed by atoms with E-state index in [2.05, 4.69) is 10.6 Å². The van der Waals surface area contributed by atoms with Gasteiger partial charge in [-0.15, -0.1) is 0 Å². The lowest BCUT2D eigenvalue weighted by atomic mass is 10.2. The van der Waals surface area contributed by atoms with Crippen molar-refractivity contribution in [3.05, 3.63) is 66.2 Å². The first-order chi connectivity index (χ1) is 12.2. The SMILES string of the molecule is O=C(CCCCCNC(=O)OCc1ccccc1)Nc1ccccc1. The molecular formula is C20H24N2O3. The second-order valence-electron chi connectivity index (χ2n) is 5.71. The Morgan fingerprint density at radius 3 is 2.24 bits per heavy atom. The van der Waals surface area contributed by atoms with Crippen LogP contribution in [0.5, 0.6) is 0 Å². The zero-order chi connectivity index (χ0) is 17.7. The Morgan fingerprint density at radius 1 is 0.840 bits per heavy atom. The Bertz CT molecular complexity index is 645. The van der Waals surface area contributed by atoms with Gasteiger partial charge in [-0.3, -0.25) is 4.79 Å².